The molecule has 90 valence electrons. The summed E-state index contributed by atoms with van der Waals surface area (Å²) >= 11 is 0. The summed E-state index contributed by atoms with van der Waals surface area (Å²) in [5, 5.41) is 2.73. The molecule has 0 fully saturated rings. The van der Waals surface area contributed by atoms with Gasteiger partial charge < -0.3 is 4.90 Å². The van der Waals surface area contributed by atoms with Crippen molar-refractivity contribution in [3.8, 4) is 0 Å². The Hall–Kier alpha value is -1.34. The van der Waals surface area contributed by atoms with Gasteiger partial charge in [0, 0.05) is 6.04 Å². The molecule has 0 amide bonds. The van der Waals surface area contributed by atoms with Crippen molar-refractivity contribution in [3.63, 3.8) is 0 Å². The smallest absolute Gasteiger partial charge is 0.0322 e. The van der Waals surface area contributed by atoms with Gasteiger partial charge in [0.2, 0.25) is 0 Å². The molecule has 0 aliphatic carbocycles. The molecule has 0 radical (unpaired) electrons. The molecule has 0 heterocycles. The van der Waals surface area contributed by atoms with Crippen molar-refractivity contribution < 1.29 is 0 Å². The van der Waals surface area contributed by atoms with Crippen molar-refractivity contribution in [1.29, 1.82) is 0 Å². The van der Waals surface area contributed by atoms with Crippen molar-refractivity contribution in [1.82, 2.24) is 4.90 Å². The second kappa shape index (κ2) is 4.50. The highest BCUT2D eigenvalue weighted by atomic mass is 15.1. The number of benzene rings is 2. The maximum atomic E-state index is 2.29. The van der Waals surface area contributed by atoms with Crippen LogP contribution in [-0.2, 0) is 0 Å². The Balaban J connectivity index is 2.78. The van der Waals surface area contributed by atoms with Gasteiger partial charge in [-0.05, 0) is 62.3 Å². The average molecular weight is 227 g/mol. The Labute approximate surface area is 104 Å². The fourth-order valence-corrected chi connectivity index (χ4v) is 2.42. The molecule has 0 saturated carbocycles. The van der Waals surface area contributed by atoms with Crippen LogP contribution >= 0.6 is 0 Å². The summed E-state index contributed by atoms with van der Waals surface area (Å²) in [6, 6.07) is 11.4. The van der Waals surface area contributed by atoms with E-state index in [9.17, 15) is 0 Å². The fourth-order valence-electron chi connectivity index (χ4n) is 2.42. The lowest BCUT2D eigenvalue weighted by molar-refractivity contribution is 0.322. The van der Waals surface area contributed by atoms with E-state index in [1.807, 2.05) is 0 Å². The summed E-state index contributed by atoms with van der Waals surface area (Å²) in [5.74, 6) is 0. The van der Waals surface area contributed by atoms with Crippen LogP contribution in [0.25, 0.3) is 10.8 Å². The predicted octanol–water partition coefficient (Wildman–Crippen LogP) is 4.08. The lowest BCUT2D eigenvalue weighted by atomic mass is 9.91. The highest BCUT2D eigenvalue weighted by Crippen LogP contribution is 2.31. The van der Waals surface area contributed by atoms with Crippen LogP contribution in [0.15, 0.2) is 30.3 Å². The van der Waals surface area contributed by atoms with E-state index in [0.29, 0.717) is 6.04 Å². The molecule has 0 aromatic heterocycles. The lowest BCUT2D eigenvalue weighted by Crippen LogP contribution is -2.18. The molecule has 0 saturated heterocycles. The Bertz CT molecular complexity index is 540. The first-order valence-corrected chi connectivity index (χ1v) is 6.17. The SMILES string of the molecule is Cc1cc2ccccc2c(C(C)N(C)C)c1C. The van der Waals surface area contributed by atoms with Crippen molar-refractivity contribution in [3.05, 3.63) is 47.0 Å². The molecule has 1 nitrogen and oxygen atoms in total. The molecule has 0 N–H and O–H groups in total. The normalized spacial score (nSPS) is 13.3. The second-order valence-corrected chi connectivity index (χ2v) is 5.09. The van der Waals surface area contributed by atoms with Gasteiger partial charge in [-0.15, -0.1) is 0 Å². The van der Waals surface area contributed by atoms with Gasteiger partial charge in [0.15, 0.2) is 0 Å². The van der Waals surface area contributed by atoms with Gasteiger partial charge in [0.1, 0.15) is 0 Å². The number of rotatable bonds is 2. The third kappa shape index (κ3) is 2.07. The van der Waals surface area contributed by atoms with Crippen molar-refractivity contribution in [2.24, 2.45) is 0 Å². The minimum atomic E-state index is 0.444. The van der Waals surface area contributed by atoms with E-state index >= 15 is 0 Å². The molecule has 0 spiro atoms. The molecule has 2 aromatic carbocycles. The van der Waals surface area contributed by atoms with Crippen molar-refractivity contribution >= 4 is 10.8 Å². The molecule has 1 unspecified atom stereocenters. The minimum absolute atomic E-state index is 0.444. The van der Waals surface area contributed by atoms with E-state index in [-0.39, 0.29) is 0 Å². The zero-order valence-electron chi connectivity index (χ0n) is 11.4. The first-order chi connectivity index (χ1) is 8.02. The zero-order valence-corrected chi connectivity index (χ0v) is 11.4. The van der Waals surface area contributed by atoms with Gasteiger partial charge in [-0.25, -0.2) is 0 Å². The third-order valence-electron chi connectivity index (χ3n) is 3.81. The summed E-state index contributed by atoms with van der Waals surface area (Å²) < 4.78 is 0. The van der Waals surface area contributed by atoms with Crippen LogP contribution in [0.1, 0.15) is 29.7 Å². The lowest BCUT2D eigenvalue weighted by Gasteiger charge is -2.25. The molecule has 0 aliphatic heterocycles. The maximum absolute atomic E-state index is 2.29. The Morgan fingerprint density at radius 3 is 2.35 bits per heavy atom. The molecule has 0 bridgehead atoms. The summed E-state index contributed by atoms with van der Waals surface area (Å²) in [4.78, 5) is 2.27. The number of hydrogen-bond donors (Lipinski definition) is 0. The number of aryl methyl sites for hydroxylation is 1. The van der Waals surface area contributed by atoms with Crippen LogP contribution in [0.3, 0.4) is 0 Å². The monoisotopic (exact) mass is 227 g/mol. The maximum Gasteiger partial charge on any atom is 0.0322 e. The molecule has 2 aromatic rings. The van der Waals surface area contributed by atoms with E-state index in [2.05, 4.69) is 70.1 Å². The molecule has 1 heteroatoms. The molecular weight excluding hydrogens is 206 g/mol. The Morgan fingerprint density at radius 1 is 1.06 bits per heavy atom. The molecule has 2 rings (SSSR count). The van der Waals surface area contributed by atoms with E-state index in [1.165, 1.54) is 27.5 Å². The first kappa shape index (κ1) is 12.1. The van der Waals surface area contributed by atoms with Crippen LogP contribution in [0, 0.1) is 13.8 Å². The van der Waals surface area contributed by atoms with Gasteiger partial charge in [-0.1, -0.05) is 30.3 Å². The van der Waals surface area contributed by atoms with Crippen molar-refractivity contribution in [2.75, 3.05) is 14.1 Å². The quantitative estimate of drug-likeness (QED) is 0.747. The fraction of sp³-hybridized carbons (Fsp3) is 0.375. The zero-order chi connectivity index (χ0) is 12.6. The molecule has 1 atom stereocenters. The van der Waals surface area contributed by atoms with Gasteiger partial charge in [0.25, 0.3) is 0 Å². The van der Waals surface area contributed by atoms with Gasteiger partial charge in [0.05, 0.1) is 0 Å². The molecule has 0 aliphatic rings. The molecular formula is C16H21N. The van der Waals surface area contributed by atoms with E-state index in [4.69, 9.17) is 0 Å². The minimum Gasteiger partial charge on any atom is -0.303 e. The predicted molar refractivity (Wildman–Crippen MR) is 75.5 cm³/mol. The van der Waals surface area contributed by atoms with Gasteiger partial charge >= 0.3 is 0 Å². The first-order valence-electron chi connectivity index (χ1n) is 6.17. The van der Waals surface area contributed by atoms with Crippen LogP contribution in [0.5, 0.6) is 0 Å². The third-order valence-corrected chi connectivity index (χ3v) is 3.81. The van der Waals surface area contributed by atoms with Crippen LogP contribution in [0.4, 0.5) is 0 Å². The van der Waals surface area contributed by atoms with Crippen LogP contribution < -0.4 is 0 Å². The van der Waals surface area contributed by atoms with Crippen LogP contribution in [-0.4, -0.2) is 19.0 Å². The Morgan fingerprint density at radius 2 is 1.71 bits per heavy atom. The highest BCUT2D eigenvalue weighted by Gasteiger charge is 2.15. The second-order valence-electron chi connectivity index (χ2n) is 5.09. The topological polar surface area (TPSA) is 3.24 Å². The highest BCUT2D eigenvalue weighted by molar-refractivity contribution is 5.88. The number of fused-ring (bicyclic) bond motifs is 1. The Kier molecular flexibility index (Phi) is 3.21. The summed E-state index contributed by atoms with van der Waals surface area (Å²) in [6.07, 6.45) is 0. The average Bonchev–Trinajstić information content (AvgIpc) is 2.30. The van der Waals surface area contributed by atoms with Gasteiger partial charge in [-0.3, -0.25) is 0 Å². The van der Waals surface area contributed by atoms with E-state index in [0.717, 1.165) is 0 Å². The largest absolute Gasteiger partial charge is 0.303 e. The summed E-state index contributed by atoms with van der Waals surface area (Å²) in [5.41, 5.74) is 4.27. The number of nitrogens with zero attached hydrogens (tertiary/aromatic N) is 1. The number of hydrogen-bond acceptors (Lipinski definition) is 1. The van der Waals surface area contributed by atoms with Crippen LogP contribution in [0.2, 0.25) is 0 Å². The van der Waals surface area contributed by atoms with Crippen molar-refractivity contribution in [2.45, 2.75) is 26.8 Å². The standard InChI is InChI=1S/C16H21N/c1-11-10-14-8-6-7-9-15(14)16(12(11)2)13(3)17(4)5/h6-10,13H,1-5H3. The summed E-state index contributed by atoms with van der Waals surface area (Å²) in [7, 11) is 4.28. The van der Waals surface area contributed by atoms with Gasteiger partial charge in [-0.2, -0.15) is 0 Å². The van der Waals surface area contributed by atoms with E-state index < -0.39 is 0 Å². The summed E-state index contributed by atoms with van der Waals surface area (Å²) in [6.45, 7) is 6.71. The molecule has 17 heavy (non-hydrogen) atoms. The van der Waals surface area contributed by atoms with E-state index in [1.54, 1.807) is 0 Å².